The van der Waals surface area contributed by atoms with E-state index in [1.807, 2.05) is 75.4 Å². The van der Waals surface area contributed by atoms with Gasteiger partial charge in [-0.25, -0.2) is 4.79 Å². The molecule has 2 aromatic carbocycles. The fraction of sp³-hybridized carbons (Fsp3) is 0.375. The summed E-state index contributed by atoms with van der Waals surface area (Å²) in [5.41, 5.74) is 4.20. The second kappa shape index (κ2) is 16.3. The highest BCUT2D eigenvalue weighted by atomic mass is 16.5. The monoisotopic (exact) mass is 514 g/mol. The highest BCUT2D eigenvalue weighted by Crippen LogP contribution is 2.30. The van der Waals surface area contributed by atoms with Crippen molar-refractivity contribution in [2.45, 2.75) is 60.7 Å². The van der Waals surface area contributed by atoms with Gasteiger partial charge < -0.3 is 19.1 Å². The average Bonchev–Trinajstić information content (AvgIpc) is 2.93. The van der Waals surface area contributed by atoms with Crippen LogP contribution in [0.2, 0.25) is 0 Å². The molecule has 0 aromatic heterocycles. The topological polar surface area (TPSA) is 57.1 Å². The first-order valence-corrected chi connectivity index (χ1v) is 12.7. The SMILES string of the molecule is C#C/C(C(=O)OC)=C(/OCc1ccccc1)c1ccc([B]OC(C)(C)C(C)C)cc1/C(C)=C\C.CC=NC. The van der Waals surface area contributed by atoms with Crippen LogP contribution in [0.4, 0.5) is 0 Å². The van der Waals surface area contributed by atoms with Crippen LogP contribution in [0.25, 0.3) is 11.3 Å². The van der Waals surface area contributed by atoms with Crippen molar-refractivity contribution in [2.75, 3.05) is 14.2 Å². The summed E-state index contributed by atoms with van der Waals surface area (Å²) in [7, 11) is 4.82. The second-order valence-corrected chi connectivity index (χ2v) is 9.40. The van der Waals surface area contributed by atoms with E-state index in [9.17, 15) is 4.79 Å². The van der Waals surface area contributed by atoms with Gasteiger partial charge in [0.05, 0.1) is 7.11 Å². The smallest absolute Gasteiger partial charge is 0.350 e. The van der Waals surface area contributed by atoms with Gasteiger partial charge >= 0.3 is 13.5 Å². The minimum absolute atomic E-state index is 0.0394. The Labute approximate surface area is 230 Å². The predicted molar refractivity (Wildman–Crippen MR) is 160 cm³/mol. The van der Waals surface area contributed by atoms with Crippen LogP contribution in [0.3, 0.4) is 0 Å². The highest BCUT2D eigenvalue weighted by molar-refractivity contribution is 6.47. The van der Waals surface area contributed by atoms with Crippen LogP contribution >= 0.6 is 0 Å². The molecular weight excluding hydrogens is 473 g/mol. The van der Waals surface area contributed by atoms with Crippen molar-refractivity contribution in [3.05, 3.63) is 76.9 Å². The summed E-state index contributed by atoms with van der Waals surface area (Å²) in [4.78, 5) is 16.1. The standard InChI is InChI=1S/C29H34BO4.C3H7N/c1-9-21(5)26-18-23(30-34-29(6,7)20(3)4)16-17-25(26)27(24(10-2)28(31)32-8)33-19-22-14-12-11-13-15-22;1-3-4-2/h2,9,11-18,20H,19H2,1,3-8H3;3H,1-2H3/b21-9-,27-24-;. The number of ether oxygens (including phenoxy) is 2. The molecule has 6 heteroatoms. The van der Waals surface area contributed by atoms with Crippen LogP contribution in [-0.2, 0) is 25.5 Å². The molecule has 0 N–H and O–H groups in total. The number of nitrogens with zero attached hydrogens (tertiary/aromatic N) is 1. The summed E-state index contributed by atoms with van der Waals surface area (Å²) in [6.45, 7) is 14.5. The lowest BCUT2D eigenvalue weighted by atomic mass is 9.81. The molecule has 0 fully saturated rings. The number of allylic oxidation sites excluding steroid dienone is 2. The van der Waals surface area contributed by atoms with E-state index in [0.717, 1.165) is 22.2 Å². The average molecular weight is 514 g/mol. The first-order valence-electron chi connectivity index (χ1n) is 12.7. The van der Waals surface area contributed by atoms with E-state index >= 15 is 0 Å². The fourth-order valence-corrected chi connectivity index (χ4v) is 3.00. The number of carbonyl (C=O) groups is 1. The maximum atomic E-state index is 12.5. The van der Waals surface area contributed by atoms with E-state index in [4.69, 9.17) is 20.6 Å². The van der Waals surface area contributed by atoms with E-state index < -0.39 is 5.97 Å². The zero-order valence-corrected chi connectivity index (χ0v) is 24.3. The van der Waals surface area contributed by atoms with Crippen molar-refractivity contribution in [2.24, 2.45) is 10.9 Å². The van der Waals surface area contributed by atoms with Gasteiger partial charge in [-0.3, -0.25) is 0 Å². The summed E-state index contributed by atoms with van der Waals surface area (Å²) in [5.74, 6) is 2.51. The van der Waals surface area contributed by atoms with Crippen molar-refractivity contribution < 1.29 is 18.9 Å². The van der Waals surface area contributed by atoms with Crippen molar-refractivity contribution in [3.8, 4) is 12.3 Å². The number of rotatable bonds is 10. The van der Waals surface area contributed by atoms with E-state index in [2.05, 4.69) is 38.6 Å². The third-order valence-corrected chi connectivity index (χ3v) is 6.28. The summed E-state index contributed by atoms with van der Waals surface area (Å²) < 4.78 is 17.2. The Kier molecular flexibility index (Phi) is 13.9. The molecule has 0 bridgehead atoms. The molecule has 38 heavy (non-hydrogen) atoms. The Hall–Kier alpha value is -3.56. The quantitative estimate of drug-likeness (QED) is 0.0940. The molecule has 2 aromatic rings. The highest BCUT2D eigenvalue weighted by Gasteiger charge is 2.24. The van der Waals surface area contributed by atoms with Gasteiger partial charge in [-0.05, 0) is 63.5 Å². The van der Waals surface area contributed by atoms with Gasteiger partial charge in [-0.2, -0.15) is 0 Å². The Morgan fingerprint density at radius 1 is 1.13 bits per heavy atom. The Morgan fingerprint density at radius 3 is 2.26 bits per heavy atom. The summed E-state index contributed by atoms with van der Waals surface area (Å²) >= 11 is 0. The molecule has 0 unspecified atom stereocenters. The molecule has 0 saturated carbocycles. The van der Waals surface area contributed by atoms with Gasteiger partial charge in [-0.15, -0.1) is 6.42 Å². The summed E-state index contributed by atoms with van der Waals surface area (Å²) in [5, 5.41) is 0. The van der Waals surface area contributed by atoms with Crippen molar-refractivity contribution >= 4 is 36.5 Å². The number of aliphatic imine (C=N–C) groups is 1. The van der Waals surface area contributed by atoms with E-state index in [-0.39, 0.29) is 17.8 Å². The zero-order chi connectivity index (χ0) is 28.7. The molecule has 0 aliphatic carbocycles. The largest absolute Gasteiger partial charge is 0.487 e. The lowest BCUT2D eigenvalue weighted by molar-refractivity contribution is -0.135. The van der Waals surface area contributed by atoms with Gasteiger partial charge in [0.25, 0.3) is 0 Å². The first kappa shape index (κ1) is 32.5. The van der Waals surface area contributed by atoms with E-state index in [1.54, 1.807) is 20.7 Å². The third kappa shape index (κ3) is 9.72. The number of methoxy groups -OCH3 is 1. The number of terminal acetylenes is 1. The van der Waals surface area contributed by atoms with Crippen LogP contribution in [0.1, 0.15) is 65.2 Å². The van der Waals surface area contributed by atoms with Crippen molar-refractivity contribution in [1.29, 1.82) is 0 Å². The molecule has 0 saturated heterocycles. The van der Waals surface area contributed by atoms with Gasteiger partial charge in [0.15, 0.2) is 11.3 Å². The Morgan fingerprint density at radius 2 is 1.76 bits per heavy atom. The van der Waals surface area contributed by atoms with Gasteiger partial charge in [0.2, 0.25) is 0 Å². The number of esters is 1. The Balaban J connectivity index is 0.00000168. The van der Waals surface area contributed by atoms with Crippen molar-refractivity contribution in [3.63, 3.8) is 0 Å². The van der Waals surface area contributed by atoms with Crippen LogP contribution in [0.15, 0.2) is 65.2 Å². The van der Waals surface area contributed by atoms with Crippen LogP contribution < -0.4 is 5.46 Å². The summed E-state index contributed by atoms with van der Waals surface area (Å²) in [6.07, 6.45) is 9.49. The summed E-state index contributed by atoms with van der Waals surface area (Å²) in [6, 6.07) is 15.6. The minimum Gasteiger partial charge on any atom is -0.487 e. The molecular formula is C32H41BNO4. The molecule has 2 rings (SSSR count). The maximum Gasteiger partial charge on any atom is 0.350 e. The van der Waals surface area contributed by atoms with Gasteiger partial charge in [0.1, 0.15) is 6.61 Å². The third-order valence-electron chi connectivity index (χ3n) is 6.28. The maximum absolute atomic E-state index is 12.5. The first-order chi connectivity index (χ1) is 18.1. The number of carbonyl (C=O) groups excluding carboxylic acids is 1. The van der Waals surface area contributed by atoms with E-state index in [1.165, 1.54) is 7.11 Å². The number of benzene rings is 2. The van der Waals surface area contributed by atoms with Gasteiger partial charge in [-0.1, -0.05) is 79.8 Å². The predicted octanol–water partition coefficient (Wildman–Crippen LogP) is 6.25. The molecule has 201 valence electrons. The Bertz CT molecular complexity index is 1170. The molecule has 0 aliphatic heterocycles. The zero-order valence-electron chi connectivity index (χ0n) is 24.3. The molecule has 0 spiro atoms. The normalized spacial score (nSPS) is 12.3. The molecule has 0 heterocycles. The van der Waals surface area contributed by atoms with E-state index in [0.29, 0.717) is 17.2 Å². The van der Waals surface area contributed by atoms with Crippen LogP contribution in [0.5, 0.6) is 0 Å². The van der Waals surface area contributed by atoms with Crippen molar-refractivity contribution in [1.82, 2.24) is 0 Å². The molecule has 0 amide bonds. The minimum atomic E-state index is -0.618. The number of hydrogen-bond acceptors (Lipinski definition) is 5. The van der Waals surface area contributed by atoms with Crippen LogP contribution in [0, 0.1) is 18.3 Å². The van der Waals surface area contributed by atoms with Crippen LogP contribution in [-0.4, -0.2) is 39.4 Å². The lowest BCUT2D eigenvalue weighted by Crippen LogP contribution is -2.36. The second-order valence-electron chi connectivity index (χ2n) is 9.40. The van der Waals surface area contributed by atoms with Gasteiger partial charge in [0, 0.05) is 18.2 Å². The molecule has 1 radical (unpaired) electrons. The lowest BCUT2D eigenvalue weighted by Gasteiger charge is -2.30. The molecule has 0 atom stereocenters. The number of hydrogen-bond donors (Lipinski definition) is 0. The molecule has 0 aliphatic rings. The molecule has 5 nitrogen and oxygen atoms in total. The fourth-order valence-electron chi connectivity index (χ4n) is 3.00.